The van der Waals surface area contributed by atoms with Crippen LogP contribution >= 0.6 is 0 Å². The van der Waals surface area contributed by atoms with Crippen LogP contribution in [0.15, 0.2) is 28.3 Å². The summed E-state index contributed by atoms with van der Waals surface area (Å²) in [6.45, 7) is 5.00. The molecule has 10 heteroatoms. The topological polar surface area (TPSA) is 165 Å². The van der Waals surface area contributed by atoms with E-state index in [0.29, 0.717) is 44.2 Å². The molecule has 10 nitrogen and oxygen atoms in total. The number of rotatable bonds is 6. The SMILES string of the molecule is CN=C(N)[NH+]1CCC2(CNCCO)C=CC3C(O)(C4CCC5CCC(O)CC5O4)C(C(=O)[O-])=C4CC5CCC(C)C43C52C1. The summed E-state index contributed by atoms with van der Waals surface area (Å²) in [6.07, 6.45) is 10.2. The summed E-state index contributed by atoms with van der Waals surface area (Å²) >= 11 is 0. The van der Waals surface area contributed by atoms with Gasteiger partial charge < -0.3 is 41.0 Å². The van der Waals surface area contributed by atoms with Crippen molar-refractivity contribution in [3.8, 4) is 0 Å². The van der Waals surface area contributed by atoms with E-state index in [1.165, 1.54) is 0 Å². The molecule has 2 bridgehead atoms. The fourth-order valence-corrected chi connectivity index (χ4v) is 12.3. The highest BCUT2D eigenvalue weighted by Gasteiger charge is 2.83. The number of nitrogens with zero attached hydrogens (tertiary/aromatic N) is 1. The van der Waals surface area contributed by atoms with E-state index in [1.807, 2.05) is 0 Å². The minimum absolute atomic E-state index is 0.0445. The number of carbonyl (C=O) groups is 1. The maximum Gasteiger partial charge on any atom is 0.293 e. The number of ether oxygens (including phenoxy) is 1. The number of carbonyl (C=O) groups excluding carboxylic acids is 1. The van der Waals surface area contributed by atoms with Crippen LogP contribution in [0, 0.1) is 39.9 Å². The number of carboxylic acid groups (broad SMARTS) is 1. The van der Waals surface area contributed by atoms with Crippen molar-refractivity contribution in [1.82, 2.24) is 5.32 Å². The number of aliphatic hydroxyl groups excluding tert-OH is 2. The summed E-state index contributed by atoms with van der Waals surface area (Å²) in [5.74, 6) is -0.497. The van der Waals surface area contributed by atoms with Crippen LogP contribution in [0.1, 0.15) is 64.7 Å². The number of guanidine groups is 1. The first kappa shape index (κ1) is 29.9. The Bertz CT molecular complexity index is 1250. The molecular weight excluding hydrogens is 548 g/mol. The van der Waals surface area contributed by atoms with Gasteiger partial charge in [-0.25, -0.2) is 4.99 Å². The second kappa shape index (κ2) is 10.4. The molecule has 0 aromatic carbocycles. The fraction of sp³-hybridized carbons (Fsp3) is 0.818. The number of carboxylic acids is 1. The monoisotopic (exact) mass is 598 g/mol. The largest absolute Gasteiger partial charge is 0.545 e. The van der Waals surface area contributed by atoms with E-state index < -0.39 is 35.1 Å². The molecule has 238 valence electrons. The second-order valence-corrected chi connectivity index (χ2v) is 14.9. The van der Waals surface area contributed by atoms with Crippen molar-refractivity contribution >= 4 is 11.9 Å². The van der Waals surface area contributed by atoms with Crippen LogP contribution in [0.3, 0.4) is 0 Å². The molecule has 2 spiro atoms. The third kappa shape index (κ3) is 3.68. The molecule has 2 aliphatic heterocycles. The lowest BCUT2D eigenvalue weighted by Gasteiger charge is -2.69. The van der Waals surface area contributed by atoms with Gasteiger partial charge in [0.25, 0.3) is 5.96 Å². The molecule has 43 heavy (non-hydrogen) atoms. The molecule has 7 aliphatic rings. The van der Waals surface area contributed by atoms with Crippen molar-refractivity contribution in [2.24, 2.45) is 50.6 Å². The number of hydrogen-bond acceptors (Lipinski definition) is 8. The summed E-state index contributed by atoms with van der Waals surface area (Å²) in [5, 5.41) is 50.1. The number of allylic oxidation sites excluding steroid dienone is 1. The van der Waals surface area contributed by atoms with Gasteiger partial charge in [0.05, 0.1) is 44.0 Å². The molecule has 5 fully saturated rings. The third-order valence-corrected chi connectivity index (χ3v) is 13.7. The van der Waals surface area contributed by atoms with Crippen LogP contribution in [-0.4, -0.2) is 91.0 Å². The minimum atomic E-state index is -1.73. The van der Waals surface area contributed by atoms with Gasteiger partial charge in [-0.3, -0.25) is 4.90 Å². The smallest absolute Gasteiger partial charge is 0.293 e. The number of nitrogens with one attached hydrogen (secondary N) is 2. The van der Waals surface area contributed by atoms with Crippen LogP contribution in [0.5, 0.6) is 0 Å². The number of aliphatic imine (C=N–C) groups is 1. The standard InChI is InChI=1S/C33H50N4O6/c1-19-3-6-21-15-23-27(28(40)41)33(42,26-8-5-20-4-7-22(39)16-24(20)43-26)25-9-10-30(17-36-12-14-38)11-13-37(29(34)35-2)18-31(21,30)32(19,23)25/h9-10,19-22,24-26,36,38-39,42H,3-8,11-18H2,1-2H3,(H2,34,35)(H,40,41). The molecule has 0 radical (unpaired) electrons. The van der Waals surface area contributed by atoms with Crippen molar-refractivity contribution in [1.29, 1.82) is 0 Å². The Hall–Kier alpha value is -1.82. The van der Waals surface area contributed by atoms with E-state index >= 15 is 0 Å². The second-order valence-electron chi connectivity index (χ2n) is 14.9. The number of quaternary nitrogens is 1. The molecular formula is C33H50N4O6. The van der Waals surface area contributed by atoms with E-state index in [0.717, 1.165) is 62.1 Å². The van der Waals surface area contributed by atoms with Crippen molar-refractivity contribution in [2.45, 2.75) is 88.6 Å². The van der Waals surface area contributed by atoms with Gasteiger partial charge >= 0.3 is 0 Å². The van der Waals surface area contributed by atoms with Crippen LogP contribution in [0.25, 0.3) is 0 Å². The molecule has 7 rings (SSSR count). The average Bonchev–Trinajstić information content (AvgIpc) is 3.34. The van der Waals surface area contributed by atoms with Crippen LogP contribution < -0.4 is 21.1 Å². The van der Waals surface area contributed by atoms with Gasteiger partial charge in [0.2, 0.25) is 0 Å². The number of aliphatic hydroxyl groups is 3. The number of aliphatic carboxylic acids is 1. The zero-order chi connectivity index (χ0) is 30.4. The summed E-state index contributed by atoms with van der Waals surface area (Å²) in [4.78, 5) is 18.9. The molecule has 3 saturated carbocycles. The quantitative estimate of drug-likeness (QED) is 0.0971. The Morgan fingerprint density at radius 1 is 1.26 bits per heavy atom. The Labute approximate surface area is 254 Å². The number of likely N-dealkylation sites (tertiary alicyclic amines) is 1. The van der Waals surface area contributed by atoms with Gasteiger partial charge in [0.1, 0.15) is 5.60 Å². The van der Waals surface area contributed by atoms with Crippen molar-refractivity contribution in [3.63, 3.8) is 0 Å². The highest BCUT2D eigenvalue weighted by Crippen LogP contribution is 2.82. The molecule has 2 saturated heterocycles. The normalized spacial score (nSPS) is 50.3. The molecule has 0 aromatic rings. The lowest BCUT2D eigenvalue weighted by atomic mass is 9.36. The summed E-state index contributed by atoms with van der Waals surface area (Å²) < 4.78 is 6.72. The first-order valence-electron chi connectivity index (χ1n) is 16.7. The predicted octanol–water partition coefficient (Wildman–Crippen LogP) is -1.10. The van der Waals surface area contributed by atoms with Gasteiger partial charge in [-0.2, -0.15) is 0 Å². The van der Waals surface area contributed by atoms with Gasteiger partial charge in [0, 0.05) is 54.3 Å². The predicted molar refractivity (Wildman–Crippen MR) is 157 cm³/mol. The highest BCUT2D eigenvalue weighted by molar-refractivity contribution is 5.91. The highest BCUT2D eigenvalue weighted by atomic mass is 16.5. The molecule has 7 N–H and O–H groups in total. The van der Waals surface area contributed by atoms with Crippen LogP contribution in [0.4, 0.5) is 0 Å². The number of nitrogens with two attached hydrogens (primary N) is 1. The van der Waals surface area contributed by atoms with Gasteiger partial charge in [0.15, 0.2) is 0 Å². The Balaban J connectivity index is 1.42. The number of hydrogen-bond donors (Lipinski definition) is 6. The van der Waals surface area contributed by atoms with E-state index in [9.17, 15) is 25.2 Å². The van der Waals surface area contributed by atoms with E-state index in [1.54, 1.807) is 7.05 Å². The Kier molecular flexibility index (Phi) is 7.19. The maximum atomic E-state index is 13.4. The first-order valence-corrected chi connectivity index (χ1v) is 16.7. The lowest BCUT2D eigenvalue weighted by Crippen LogP contribution is -3.19. The van der Waals surface area contributed by atoms with Crippen molar-refractivity contribution in [2.75, 3.05) is 39.8 Å². The van der Waals surface area contributed by atoms with Crippen molar-refractivity contribution in [3.05, 3.63) is 23.3 Å². The zero-order valence-electron chi connectivity index (χ0n) is 25.7. The van der Waals surface area contributed by atoms with Gasteiger partial charge in [-0.05, 0) is 69.1 Å². The molecule has 0 amide bonds. The minimum Gasteiger partial charge on any atom is -0.545 e. The summed E-state index contributed by atoms with van der Waals surface area (Å²) in [7, 11) is 1.73. The first-order chi connectivity index (χ1) is 20.6. The molecule has 12 atom stereocenters. The molecule has 12 unspecified atom stereocenters. The fourth-order valence-electron chi connectivity index (χ4n) is 12.3. The lowest BCUT2D eigenvalue weighted by molar-refractivity contribution is -0.831. The number of piperidine rings is 1. The van der Waals surface area contributed by atoms with Crippen molar-refractivity contribution < 1.29 is 34.9 Å². The van der Waals surface area contributed by atoms with Crippen LogP contribution in [-0.2, 0) is 9.53 Å². The summed E-state index contributed by atoms with van der Waals surface area (Å²) in [5.41, 5.74) is 4.50. The number of fused-ring (bicyclic) bond motifs is 1. The van der Waals surface area contributed by atoms with E-state index in [2.05, 4.69) is 29.4 Å². The van der Waals surface area contributed by atoms with E-state index in [-0.39, 0.29) is 40.9 Å². The maximum absolute atomic E-state index is 13.4. The average molecular weight is 599 g/mol. The summed E-state index contributed by atoms with van der Waals surface area (Å²) in [6, 6.07) is 0. The Morgan fingerprint density at radius 2 is 2.05 bits per heavy atom. The van der Waals surface area contributed by atoms with Gasteiger partial charge in [-0.15, -0.1) is 0 Å². The molecule has 0 aromatic heterocycles. The zero-order valence-corrected chi connectivity index (χ0v) is 25.7. The van der Waals surface area contributed by atoms with E-state index in [4.69, 9.17) is 10.5 Å². The molecule has 2 heterocycles. The third-order valence-electron chi connectivity index (χ3n) is 13.7. The van der Waals surface area contributed by atoms with Crippen LogP contribution in [0.2, 0.25) is 0 Å². The van der Waals surface area contributed by atoms with Gasteiger partial charge in [-0.1, -0.05) is 24.6 Å². The Morgan fingerprint density at radius 3 is 2.79 bits per heavy atom. The molecule has 5 aliphatic carbocycles.